The molecule has 0 saturated carbocycles. The SMILES string of the molecule is CCN(CC)c1ccc(Nc2ncc3cc(O)c4c(c3n2)N=CC=CC4)cc1. The zero-order chi connectivity index (χ0) is 19.5. The summed E-state index contributed by atoms with van der Waals surface area (Å²) in [6.45, 7) is 6.25. The number of phenolic OH excluding ortho intramolecular Hbond substituents is 1. The van der Waals surface area contributed by atoms with E-state index in [0.29, 0.717) is 18.1 Å². The van der Waals surface area contributed by atoms with E-state index in [0.717, 1.165) is 35.2 Å². The first kappa shape index (κ1) is 18.0. The Morgan fingerprint density at radius 1 is 1.14 bits per heavy atom. The molecule has 1 aliphatic heterocycles. The first-order valence-electron chi connectivity index (χ1n) is 9.52. The summed E-state index contributed by atoms with van der Waals surface area (Å²) >= 11 is 0. The van der Waals surface area contributed by atoms with Crippen LogP contribution in [0.4, 0.5) is 23.0 Å². The minimum atomic E-state index is 0.225. The van der Waals surface area contributed by atoms with Gasteiger partial charge in [-0.15, -0.1) is 0 Å². The summed E-state index contributed by atoms with van der Waals surface area (Å²) in [7, 11) is 0. The molecule has 0 radical (unpaired) electrons. The van der Waals surface area contributed by atoms with Crippen LogP contribution in [0.25, 0.3) is 10.9 Å². The molecule has 0 unspecified atom stereocenters. The van der Waals surface area contributed by atoms with E-state index in [2.05, 4.69) is 51.2 Å². The highest BCUT2D eigenvalue weighted by Gasteiger charge is 2.15. The number of phenols is 1. The van der Waals surface area contributed by atoms with E-state index in [1.54, 1.807) is 18.5 Å². The molecular formula is C22H23N5O. The third kappa shape index (κ3) is 3.41. The molecule has 0 bridgehead atoms. The van der Waals surface area contributed by atoms with Crippen LogP contribution < -0.4 is 10.2 Å². The van der Waals surface area contributed by atoms with Gasteiger partial charge in [-0.3, -0.25) is 4.99 Å². The van der Waals surface area contributed by atoms with Crippen LogP contribution in [0.15, 0.2) is 53.7 Å². The lowest BCUT2D eigenvalue weighted by atomic mass is 10.1. The summed E-state index contributed by atoms with van der Waals surface area (Å²) in [6, 6.07) is 9.94. The predicted molar refractivity (Wildman–Crippen MR) is 115 cm³/mol. The fourth-order valence-corrected chi connectivity index (χ4v) is 3.42. The van der Waals surface area contributed by atoms with Crippen molar-refractivity contribution in [2.75, 3.05) is 23.3 Å². The Hall–Kier alpha value is -3.41. The number of rotatable bonds is 5. The van der Waals surface area contributed by atoms with Crippen LogP contribution in [0.1, 0.15) is 19.4 Å². The van der Waals surface area contributed by atoms with Gasteiger partial charge in [0.2, 0.25) is 5.95 Å². The number of aromatic hydroxyl groups is 1. The number of aromatic nitrogens is 2. The largest absolute Gasteiger partial charge is 0.508 e. The van der Waals surface area contributed by atoms with Gasteiger partial charge in [0.05, 0.1) is 5.69 Å². The third-order valence-electron chi connectivity index (χ3n) is 4.93. The topological polar surface area (TPSA) is 73.6 Å². The van der Waals surface area contributed by atoms with Gasteiger partial charge in [-0.05, 0) is 56.7 Å². The molecule has 2 N–H and O–H groups in total. The van der Waals surface area contributed by atoms with E-state index in [4.69, 9.17) is 0 Å². The second kappa shape index (κ2) is 7.68. The molecule has 28 heavy (non-hydrogen) atoms. The first-order valence-corrected chi connectivity index (χ1v) is 9.52. The smallest absolute Gasteiger partial charge is 0.227 e. The van der Waals surface area contributed by atoms with E-state index < -0.39 is 0 Å². The van der Waals surface area contributed by atoms with Gasteiger partial charge in [0.25, 0.3) is 0 Å². The lowest BCUT2D eigenvalue weighted by molar-refractivity contribution is 0.471. The predicted octanol–water partition coefficient (Wildman–Crippen LogP) is 4.74. The van der Waals surface area contributed by atoms with Gasteiger partial charge in [-0.1, -0.05) is 6.08 Å². The molecule has 2 heterocycles. The molecule has 1 aliphatic rings. The molecule has 0 amide bonds. The number of allylic oxidation sites excluding steroid dienone is 2. The number of nitrogens with zero attached hydrogens (tertiary/aromatic N) is 4. The number of aliphatic imine (C=N–C) groups is 1. The zero-order valence-corrected chi connectivity index (χ0v) is 16.1. The molecule has 4 rings (SSSR count). The van der Waals surface area contributed by atoms with Crippen LogP contribution in [0.3, 0.4) is 0 Å². The van der Waals surface area contributed by atoms with Gasteiger partial charge in [0.1, 0.15) is 11.3 Å². The van der Waals surface area contributed by atoms with Gasteiger partial charge in [-0.25, -0.2) is 9.97 Å². The molecule has 3 aromatic rings. The number of hydrogen-bond donors (Lipinski definition) is 2. The van der Waals surface area contributed by atoms with E-state index in [9.17, 15) is 5.11 Å². The normalized spacial score (nSPS) is 12.6. The van der Waals surface area contributed by atoms with Crippen molar-refractivity contribution in [2.24, 2.45) is 4.99 Å². The summed E-state index contributed by atoms with van der Waals surface area (Å²) < 4.78 is 0. The summed E-state index contributed by atoms with van der Waals surface area (Å²) in [5.41, 5.74) is 4.32. The maximum absolute atomic E-state index is 10.3. The Balaban J connectivity index is 1.67. The van der Waals surface area contributed by atoms with Crippen LogP contribution in [0.2, 0.25) is 0 Å². The van der Waals surface area contributed by atoms with Gasteiger partial charge >= 0.3 is 0 Å². The van der Waals surface area contributed by atoms with Crippen molar-refractivity contribution < 1.29 is 5.11 Å². The van der Waals surface area contributed by atoms with Crippen molar-refractivity contribution in [1.82, 2.24) is 9.97 Å². The fourth-order valence-electron chi connectivity index (χ4n) is 3.42. The quantitative estimate of drug-likeness (QED) is 0.676. The van der Waals surface area contributed by atoms with Crippen LogP contribution in [-0.4, -0.2) is 34.4 Å². The van der Waals surface area contributed by atoms with Gasteiger partial charge in [0.15, 0.2) is 0 Å². The van der Waals surface area contributed by atoms with Crippen molar-refractivity contribution >= 4 is 40.1 Å². The Morgan fingerprint density at radius 3 is 2.68 bits per heavy atom. The van der Waals surface area contributed by atoms with Crippen LogP contribution >= 0.6 is 0 Å². The van der Waals surface area contributed by atoms with Crippen molar-refractivity contribution in [1.29, 1.82) is 0 Å². The molecular weight excluding hydrogens is 350 g/mol. The molecule has 1 aromatic heterocycles. The Labute approximate surface area is 164 Å². The summed E-state index contributed by atoms with van der Waals surface area (Å²) in [5.74, 6) is 0.728. The minimum absolute atomic E-state index is 0.225. The summed E-state index contributed by atoms with van der Waals surface area (Å²) in [5, 5.41) is 14.3. The number of nitrogens with one attached hydrogen (secondary N) is 1. The van der Waals surface area contributed by atoms with Gasteiger partial charge in [-0.2, -0.15) is 0 Å². The van der Waals surface area contributed by atoms with Crippen LogP contribution in [0, 0.1) is 0 Å². The highest BCUT2D eigenvalue weighted by atomic mass is 16.3. The minimum Gasteiger partial charge on any atom is -0.508 e. The molecule has 142 valence electrons. The zero-order valence-electron chi connectivity index (χ0n) is 16.1. The summed E-state index contributed by atoms with van der Waals surface area (Å²) in [4.78, 5) is 15.8. The van der Waals surface area contributed by atoms with Crippen LogP contribution in [-0.2, 0) is 6.42 Å². The van der Waals surface area contributed by atoms with Crippen molar-refractivity contribution in [3.63, 3.8) is 0 Å². The number of benzene rings is 2. The maximum atomic E-state index is 10.3. The third-order valence-corrected chi connectivity index (χ3v) is 4.93. The molecule has 6 heteroatoms. The number of anilines is 3. The summed E-state index contributed by atoms with van der Waals surface area (Å²) in [6.07, 6.45) is 7.91. The molecule has 0 spiro atoms. The highest BCUT2D eigenvalue weighted by molar-refractivity contribution is 5.95. The van der Waals surface area contributed by atoms with Crippen molar-refractivity contribution in [2.45, 2.75) is 20.3 Å². The first-order chi connectivity index (χ1) is 13.7. The Morgan fingerprint density at radius 2 is 1.93 bits per heavy atom. The van der Waals surface area contributed by atoms with Crippen molar-refractivity contribution in [3.8, 4) is 5.75 Å². The fraction of sp³-hybridized carbons (Fsp3) is 0.227. The second-order valence-corrected chi connectivity index (χ2v) is 6.61. The van der Waals surface area contributed by atoms with Crippen molar-refractivity contribution in [3.05, 3.63) is 54.2 Å². The van der Waals surface area contributed by atoms with Crippen LogP contribution in [0.5, 0.6) is 5.75 Å². The van der Waals surface area contributed by atoms with E-state index in [1.165, 1.54) is 5.69 Å². The molecule has 0 aliphatic carbocycles. The lowest BCUT2D eigenvalue weighted by Gasteiger charge is -2.21. The average Bonchev–Trinajstić information content (AvgIpc) is 2.98. The van der Waals surface area contributed by atoms with E-state index >= 15 is 0 Å². The lowest BCUT2D eigenvalue weighted by Crippen LogP contribution is -2.21. The van der Waals surface area contributed by atoms with E-state index in [-0.39, 0.29) is 5.75 Å². The highest BCUT2D eigenvalue weighted by Crippen LogP contribution is 2.37. The second-order valence-electron chi connectivity index (χ2n) is 6.61. The standard InChI is InChI=1S/C22H23N5O/c1-3-27(4-2)17-10-8-16(9-11-17)25-22-24-14-15-13-19(28)18-7-5-6-12-23-21(18)20(15)26-22/h5-6,8-14,28H,3-4,7H2,1-2H3,(H,24,25,26). The monoisotopic (exact) mass is 373 g/mol. The molecule has 0 saturated heterocycles. The average molecular weight is 373 g/mol. The Bertz CT molecular complexity index is 1050. The maximum Gasteiger partial charge on any atom is 0.227 e. The van der Waals surface area contributed by atoms with Gasteiger partial charge < -0.3 is 15.3 Å². The number of fused-ring (bicyclic) bond motifs is 3. The molecule has 0 fully saturated rings. The molecule has 0 atom stereocenters. The number of hydrogen-bond acceptors (Lipinski definition) is 6. The molecule has 6 nitrogen and oxygen atoms in total. The van der Waals surface area contributed by atoms with Gasteiger partial charge in [0, 0.05) is 47.8 Å². The molecule has 2 aromatic carbocycles. The Kier molecular flexibility index (Phi) is 4.93. The van der Waals surface area contributed by atoms with E-state index in [1.807, 2.05) is 24.3 Å².